The van der Waals surface area contributed by atoms with Crippen molar-refractivity contribution in [3.63, 3.8) is 0 Å². The summed E-state index contributed by atoms with van der Waals surface area (Å²) in [6, 6.07) is 1.41. The fourth-order valence-electron chi connectivity index (χ4n) is 3.09. The maximum Gasteiger partial charge on any atom is 0.431 e. The van der Waals surface area contributed by atoms with Crippen LogP contribution in [0.1, 0.15) is 18.5 Å². The van der Waals surface area contributed by atoms with Crippen LogP contribution in [0.15, 0.2) is 23.4 Å². The smallest absolute Gasteiger partial charge is 0.431 e. The number of hydrogen-bond acceptors (Lipinski definition) is 9. The lowest BCUT2D eigenvalue weighted by molar-refractivity contribution is -0.140. The molecular formula is C17H18F3N5O5. The minimum absolute atomic E-state index is 0.129. The number of benzene rings is 1. The number of carbonyl (C=O) groups is 1. The number of methoxy groups -OCH3 is 3. The Hall–Kier alpha value is -3.51. The Morgan fingerprint density at radius 2 is 1.77 bits per heavy atom. The number of allylic oxidation sites excluding steroid dienone is 1. The predicted molar refractivity (Wildman–Crippen MR) is 95.4 cm³/mol. The van der Waals surface area contributed by atoms with E-state index in [0.29, 0.717) is 0 Å². The molecule has 0 radical (unpaired) electrons. The number of tetrazole rings is 1. The van der Waals surface area contributed by atoms with Gasteiger partial charge >= 0.3 is 12.1 Å². The topological polar surface area (TPSA) is 110 Å². The minimum atomic E-state index is -4.92. The van der Waals surface area contributed by atoms with Gasteiger partial charge in [-0.3, -0.25) is 0 Å². The second-order valence-electron chi connectivity index (χ2n) is 5.93. The molecule has 0 amide bonds. The largest absolute Gasteiger partial charge is 0.496 e. The first-order chi connectivity index (χ1) is 14.3. The van der Waals surface area contributed by atoms with Crippen molar-refractivity contribution in [3.8, 4) is 17.2 Å². The number of hydrogen-bond donors (Lipinski definition) is 1. The van der Waals surface area contributed by atoms with Crippen LogP contribution in [0.5, 0.6) is 17.2 Å². The summed E-state index contributed by atoms with van der Waals surface area (Å²) in [6.45, 7) is 1.35. The number of halogens is 3. The van der Waals surface area contributed by atoms with Crippen molar-refractivity contribution in [2.45, 2.75) is 19.1 Å². The third-order valence-corrected chi connectivity index (χ3v) is 4.33. The fraction of sp³-hybridized carbons (Fsp3) is 0.412. The summed E-state index contributed by atoms with van der Waals surface area (Å²) in [5.74, 6) is -0.873. The van der Waals surface area contributed by atoms with E-state index in [1.807, 2.05) is 0 Å². The fourth-order valence-corrected chi connectivity index (χ4v) is 3.09. The molecule has 2 aromatic rings. The molecule has 0 fully saturated rings. The number of alkyl halides is 3. The molecular weight excluding hydrogens is 411 g/mol. The second kappa shape index (κ2) is 8.08. The predicted octanol–water partition coefficient (Wildman–Crippen LogP) is 2.09. The van der Waals surface area contributed by atoms with Crippen LogP contribution in [-0.4, -0.2) is 60.3 Å². The lowest BCUT2D eigenvalue weighted by atomic mass is 9.94. The second-order valence-corrected chi connectivity index (χ2v) is 5.93. The van der Waals surface area contributed by atoms with E-state index in [9.17, 15) is 18.0 Å². The number of carbonyl (C=O) groups excluding carboxylic acids is 1. The van der Waals surface area contributed by atoms with Crippen LogP contribution < -0.4 is 19.5 Å². The summed E-state index contributed by atoms with van der Waals surface area (Å²) in [5.41, 5.74) is -1.92. The number of nitrogens with one attached hydrogen (secondary N) is 1. The molecule has 1 atom stereocenters. The van der Waals surface area contributed by atoms with Crippen LogP contribution in [0.25, 0.3) is 0 Å². The van der Waals surface area contributed by atoms with E-state index < -0.39 is 29.5 Å². The molecule has 0 saturated heterocycles. The van der Waals surface area contributed by atoms with Crippen molar-refractivity contribution in [1.82, 2.24) is 20.2 Å². The maximum atomic E-state index is 13.8. The van der Waals surface area contributed by atoms with Crippen LogP contribution >= 0.6 is 0 Å². The summed E-state index contributed by atoms with van der Waals surface area (Å²) in [5, 5.41) is 12.8. The van der Waals surface area contributed by atoms with Gasteiger partial charge in [0.2, 0.25) is 5.95 Å². The van der Waals surface area contributed by atoms with Crippen LogP contribution in [-0.2, 0) is 9.53 Å². The van der Waals surface area contributed by atoms with Crippen molar-refractivity contribution < 1.29 is 36.9 Å². The Labute approximate surface area is 168 Å². The molecule has 0 bridgehead atoms. The Morgan fingerprint density at radius 3 is 2.33 bits per heavy atom. The molecule has 2 heterocycles. The number of aromatic nitrogens is 4. The molecule has 30 heavy (non-hydrogen) atoms. The van der Waals surface area contributed by atoms with E-state index in [2.05, 4.69) is 20.8 Å². The average Bonchev–Trinajstić information content (AvgIpc) is 3.19. The third kappa shape index (κ3) is 3.57. The number of fused-ring (bicyclic) bond motifs is 1. The van der Waals surface area contributed by atoms with Gasteiger partial charge < -0.3 is 24.3 Å². The van der Waals surface area contributed by atoms with Gasteiger partial charge in [-0.15, -0.1) is 0 Å². The van der Waals surface area contributed by atoms with Gasteiger partial charge in [0.15, 0.2) is 11.5 Å². The number of nitrogens with zero attached hydrogens (tertiary/aromatic N) is 4. The Balaban J connectivity index is 2.35. The maximum absolute atomic E-state index is 13.8. The molecule has 0 aliphatic carbocycles. The number of ether oxygens (including phenoxy) is 4. The first-order valence-electron chi connectivity index (χ1n) is 8.60. The normalized spacial score (nSPS) is 15.9. The molecule has 0 saturated carbocycles. The highest BCUT2D eigenvalue weighted by Crippen LogP contribution is 2.46. The number of esters is 1. The van der Waals surface area contributed by atoms with E-state index in [-0.39, 0.29) is 35.4 Å². The van der Waals surface area contributed by atoms with Gasteiger partial charge in [0.1, 0.15) is 17.5 Å². The van der Waals surface area contributed by atoms with Gasteiger partial charge in [-0.1, -0.05) is 5.10 Å². The molecule has 162 valence electrons. The molecule has 3 rings (SSSR count). The highest BCUT2D eigenvalue weighted by molar-refractivity contribution is 5.93. The van der Waals surface area contributed by atoms with Crippen molar-refractivity contribution in [2.24, 2.45) is 0 Å². The summed E-state index contributed by atoms with van der Waals surface area (Å²) in [4.78, 5) is 12.6. The van der Waals surface area contributed by atoms with Gasteiger partial charge in [0.05, 0.1) is 33.5 Å². The van der Waals surface area contributed by atoms with Crippen molar-refractivity contribution in [3.05, 3.63) is 29.0 Å². The molecule has 1 N–H and O–H groups in total. The van der Waals surface area contributed by atoms with Crippen molar-refractivity contribution in [2.75, 3.05) is 33.3 Å². The Kier molecular flexibility index (Phi) is 5.71. The molecule has 0 spiro atoms. The SMILES string of the molecule is CCOC(=O)C1=C(C(F)(F)F)Nc2nnnn2[C@H]1c1cc(OC)c(OC)cc1OC. The molecule has 0 unspecified atom stereocenters. The Morgan fingerprint density at radius 1 is 1.13 bits per heavy atom. The van der Waals surface area contributed by atoms with Crippen LogP contribution in [0.3, 0.4) is 0 Å². The van der Waals surface area contributed by atoms with Crippen LogP contribution in [0, 0.1) is 0 Å². The third-order valence-electron chi connectivity index (χ3n) is 4.33. The molecule has 10 nitrogen and oxygen atoms in total. The van der Waals surface area contributed by atoms with Crippen molar-refractivity contribution >= 4 is 11.9 Å². The highest BCUT2D eigenvalue weighted by atomic mass is 19.4. The zero-order chi connectivity index (χ0) is 22.1. The van der Waals surface area contributed by atoms with E-state index in [1.54, 1.807) is 0 Å². The average molecular weight is 429 g/mol. The Bertz CT molecular complexity index is 989. The van der Waals surface area contributed by atoms with Gasteiger partial charge in [-0.2, -0.15) is 17.9 Å². The quantitative estimate of drug-likeness (QED) is 0.690. The zero-order valence-electron chi connectivity index (χ0n) is 16.4. The standard InChI is InChI=1S/C17H18F3N5O5/c1-5-30-15(26)12-13(8-6-10(28-3)11(29-4)7-9(8)27-2)25-16(22-23-24-25)21-14(12)17(18,19)20/h6-7,13H,5H2,1-4H3,(H,21,22,24)/t13-/m0/s1. The van der Waals surface area contributed by atoms with Gasteiger partial charge in [0.25, 0.3) is 0 Å². The molecule has 13 heteroatoms. The van der Waals surface area contributed by atoms with Crippen molar-refractivity contribution in [1.29, 1.82) is 0 Å². The number of anilines is 1. The van der Waals surface area contributed by atoms with Crippen LogP contribution in [0.4, 0.5) is 19.1 Å². The van der Waals surface area contributed by atoms with Crippen LogP contribution in [0.2, 0.25) is 0 Å². The first-order valence-corrected chi connectivity index (χ1v) is 8.60. The van der Waals surface area contributed by atoms with E-state index in [0.717, 1.165) is 4.68 Å². The molecule has 1 aliphatic rings. The molecule has 1 aromatic heterocycles. The van der Waals surface area contributed by atoms with E-state index in [4.69, 9.17) is 18.9 Å². The summed E-state index contributed by atoms with van der Waals surface area (Å²) in [6.07, 6.45) is -4.92. The lowest BCUT2D eigenvalue weighted by Crippen LogP contribution is -2.35. The van der Waals surface area contributed by atoms with Gasteiger partial charge in [-0.25, -0.2) is 4.79 Å². The summed E-state index contributed by atoms with van der Waals surface area (Å²) < 4.78 is 63.3. The first kappa shape index (κ1) is 21.2. The minimum Gasteiger partial charge on any atom is -0.496 e. The van der Waals surface area contributed by atoms with E-state index >= 15 is 0 Å². The highest BCUT2D eigenvalue weighted by Gasteiger charge is 2.47. The van der Waals surface area contributed by atoms with Gasteiger partial charge in [-0.05, 0) is 23.4 Å². The molecule has 1 aliphatic heterocycles. The lowest BCUT2D eigenvalue weighted by Gasteiger charge is -2.30. The summed E-state index contributed by atoms with van der Waals surface area (Å²) >= 11 is 0. The summed E-state index contributed by atoms with van der Waals surface area (Å²) in [7, 11) is 4.08. The molecule has 1 aromatic carbocycles. The number of rotatable bonds is 6. The van der Waals surface area contributed by atoms with E-state index in [1.165, 1.54) is 40.4 Å². The monoisotopic (exact) mass is 429 g/mol. The van der Waals surface area contributed by atoms with Gasteiger partial charge in [0, 0.05) is 11.6 Å². The zero-order valence-corrected chi connectivity index (χ0v) is 16.4.